The predicted molar refractivity (Wildman–Crippen MR) is 87.6 cm³/mol. The Labute approximate surface area is 129 Å². The molecule has 0 fully saturated rings. The van der Waals surface area contributed by atoms with Gasteiger partial charge in [0.2, 0.25) is 5.88 Å². The molecule has 1 rings (SSSR count). The van der Waals surface area contributed by atoms with Crippen molar-refractivity contribution in [3.8, 4) is 5.88 Å². The average Bonchev–Trinajstić information content (AvgIpc) is 2.53. The van der Waals surface area contributed by atoms with Crippen LogP contribution in [-0.4, -0.2) is 23.9 Å². The molecule has 0 amide bonds. The summed E-state index contributed by atoms with van der Waals surface area (Å²) >= 11 is 0. The summed E-state index contributed by atoms with van der Waals surface area (Å²) < 4.78 is 5.06. The van der Waals surface area contributed by atoms with Crippen molar-refractivity contribution in [3.63, 3.8) is 0 Å². The summed E-state index contributed by atoms with van der Waals surface area (Å²) in [5.41, 5.74) is 1.02. The molecule has 4 heteroatoms. The van der Waals surface area contributed by atoms with E-state index < -0.39 is 0 Å². The van der Waals surface area contributed by atoms with Gasteiger partial charge in [0.1, 0.15) is 0 Å². The van der Waals surface area contributed by atoms with Crippen molar-refractivity contribution < 1.29 is 4.74 Å². The number of ether oxygens (including phenoxy) is 1. The van der Waals surface area contributed by atoms with Crippen LogP contribution < -0.4 is 10.1 Å². The highest BCUT2D eigenvalue weighted by Crippen LogP contribution is 2.19. The van der Waals surface area contributed by atoms with E-state index in [2.05, 4.69) is 29.4 Å². The van der Waals surface area contributed by atoms with Crippen molar-refractivity contribution in [1.29, 1.82) is 0 Å². The van der Waals surface area contributed by atoms with Gasteiger partial charge >= 0.3 is 0 Å². The quantitative estimate of drug-likeness (QED) is 0.584. The van der Waals surface area contributed by atoms with Crippen LogP contribution >= 0.6 is 0 Å². The number of unbranched alkanes of at least 4 members (excludes halogenated alkanes) is 6. The van der Waals surface area contributed by atoms with Crippen molar-refractivity contribution in [3.05, 3.63) is 17.8 Å². The summed E-state index contributed by atoms with van der Waals surface area (Å²) in [6.07, 6.45) is 10.5. The van der Waals surface area contributed by atoms with Gasteiger partial charge in [-0.1, -0.05) is 58.8 Å². The molecule has 0 aromatic carbocycles. The third-order valence-corrected chi connectivity index (χ3v) is 3.77. The summed E-state index contributed by atoms with van der Waals surface area (Å²) in [4.78, 5) is 0. The molecule has 0 spiro atoms. The molecule has 0 saturated heterocycles. The molecule has 0 radical (unpaired) electrons. The van der Waals surface area contributed by atoms with E-state index in [9.17, 15) is 0 Å². The van der Waals surface area contributed by atoms with E-state index in [1.54, 1.807) is 7.11 Å². The van der Waals surface area contributed by atoms with Gasteiger partial charge in [0.05, 0.1) is 18.8 Å². The molecule has 1 unspecified atom stereocenters. The first kappa shape index (κ1) is 17.9. The maximum atomic E-state index is 5.06. The summed E-state index contributed by atoms with van der Waals surface area (Å²) in [6.45, 7) is 5.35. The van der Waals surface area contributed by atoms with Gasteiger partial charge in [-0.2, -0.15) is 5.10 Å². The van der Waals surface area contributed by atoms with Crippen molar-refractivity contribution in [2.24, 2.45) is 0 Å². The van der Waals surface area contributed by atoms with Crippen LogP contribution in [0.1, 0.15) is 76.9 Å². The zero-order valence-corrected chi connectivity index (χ0v) is 13.9. The molecule has 1 heterocycles. The largest absolute Gasteiger partial charge is 0.480 e. The third kappa shape index (κ3) is 7.42. The fraction of sp³-hybridized carbons (Fsp3) is 0.765. The highest BCUT2D eigenvalue weighted by atomic mass is 16.5. The molecule has 120 valence electrons. The van der Waals surface area contributed by atoms with Crippen LogP contribution in [-0.2, 0) is 0 Å². The number of rotatable bonds is 12. The second kappa shape index (κ2) is 11.5. The van der Waals surface area contributed by atoms with Gasteiger partial charge in [0, 0.05) is 6.07 Å². The molecular formula is C17H31N3O. The number of methoxy groups -OCH3 is 1. The van der Waals surface area contributed by atoms with Crippen LogP contribution in [0, 0.1) is 0 Å². The van der Waals surface area contributed by atoms with Gasteiger partial charge in [-0.05, 0) is 19.0 Å². The van der Waals surface area contributed by atoms with E-state index in [4.69, 9.17) is 4.74 Å². The van der Waals surface area contributed by atoms with Crippen molar-refractivity contribution >= 4 is 0 Å². The number of hydrogen-bond donors (Lipinski definition) is 1. The van der Waals surface area contributed by atoms with Gasteiger partial charge < -0.3 is 10.1 Å². The molecule has 1 atom stereocenters. The number of nitrogens with one attached hydrogen (secondary N) is 1. The lowest BCUT2D eigenvalue weighted by atomic mass is 10.0. The summed E-state index contributed by atoms with van der Waals surface area (Å²) in [5.74, 6) is 0.574. The lowest BCUT2D eigenvalue weighted by molar-refractivity contribution is 0.387. The molecular weight excluding hydrogens is 262 g/mol. The fourth-order valence-corrected chi connectivity index (χ4v) is 2.53. The molecule has 0 saturated carbocycles. The average molecular weight is 293 g/mol. The van der Waals surface area contributed by atoms with E-state index in [1.807, 2.05) is 12.1 Å². The normalized spacial score (nSPS) is 12.3. The smallest absolute Gasteiger partial charge is 0.233 e. The molecule has 21 heavy (non-hydrogen) atoms. The first-order valence-corrected chi connectivity index (χ1v) is 8.42. The molecule has 1 N–H and O–H groups in total. The predicted octanol–water partition coefficient (Wildman–Crippen LogP) is 4.28. The Morgan fingerprint density at radius 1 is 1.00 bits per heavy atom. The van der Waals surface area contributed by atoms with Crippen LogP contribution in [0.4, 0.5) is 0 Å². The topological polar surface area (TPSA) is 47.0 Å². The maximum Gasteiger partial charge on any atom is 0.233 e. The molecule has 0 aliphatic carbocycles. The Balaban J connectivity index is 2.32. The highest BCUT2D eigenvalue weighted by molar-refractivity contribution is 5.14. The van der Waals surface area contributed by atoms with Gasteiger partial charge in [-0.25, -0.2) is 0 Å². The Kier molecular flexibility index (Phi) is 9.79. The Morgan fingerprint density at radius 3 is 2.29 bits per heavy atom. The van der Waals surface area contributed by atoms with Gasteiger partial charge in [-0.3, -0.25) is 0 Å². The molecule has 1 aromatic heterocycles. The third-order valence-electron chi connectivity index (χ3n) is 3.77. The van der Waals surface area contributed by atoms with Crippen molar-refractivity contribution in [2.75, 3.05) is 13.7 Å². The standard InChI is InChI=1S/C17H31N3O/c1-4-6-7-8-9-10-11-12-15(18-5-2)16-13-14-17(21-3)20-19-16/h13-15,18H,4-12H2,1-3H3. The SMILES string of the molecule is CCCCCCCCCC(NCC)c1ccc(OC)nn1. The molecule has 1 aromatic rings. The van der Waals surface area contributed by atoms with Crippen LogP contribution in [0.2, 0.25) is 0 Å². The minimum atomic E-state index is 0.309. The highest BCUT2D eigenvalue weighted by Gasteiger charge is 2.12. The van der Waals surface area contributed by atoms with Crippen molar-refractivity contribution in [1.82, 2.24) is 15.5 Å². The van der Waals surface area contributed by atoms with Crippen LogP contribution in [0.25, 0.3) is 0 Å². The summed E-state index contributed by atoms with van der Waals surface area (Å²) in [5, 5.41) is 11.8. The van der Waals surface area contributed by atoms with Gasteiger partial charge in [0.15, 0.2) is 0 Å². The van der Waals surface area contributed by atoms with Gasteiger partial charge in [-0.15, -0.1) is 5.10 Å². The minimum absolute atomic E-state index is 0.309. The van der Waals surface area contributed by atoms with E-state index in [-0.39, 0.29) is 0 Å². The van der Waals surface area contributed by atoms with E-state index in [0.29, 0.717) is 11.9 Å². The van der Waals surface area contributed by atoms with Crippen LogP contribution in [0.5, 0.6) is 5.88 Å². The molecule has 4 nitrogen and oxygen atoms in total. The Morgan fingerprint density at radius 2 is 1.71 bits per heavy atom. The Hall–Kier alpha value is -1.16. The summed E-state index contributed by atoms with van der Waals surface area (Å²) in [6, 6.07) is 4.21. The first-order chi connectivity index (χ1) is 10.3. The fourth-order valence-electron chi connectivity index (χ4n) is 2.53. The zero-order valence-electron chi connectivity index (χ0n) is 13.9. The van der Waals surface area contributed by atoms with Crippen molar-refractivity contribution in [2.45, 2.75) is 71.3 Å². The minimum Gasteiger partial charge on any atom is -0.480 e. The van der Waals surface area contributed by atoms with E-state index >= 15 is 0 Å². The summed E-state index contributed by atoms with van der Waals surface area (Å²) in [7, 11) is 1.62. The zero-order chi connectivity index (χ0) is 15.3. The number of aromatic nitrogens is 2. The number of nitrogens with zero attached hydrogens (tertiary/aromatic N) is 2. The van der Waals surface area contributed by atoms with Gasteiger partial charge in [0.25, 0.3) is 0 Å². The monoisotopic (exact) mass is 293 g/mol. The number of hydrogen-bond acceptors (Lipinski definition) is 4. The molecule has 0 aliphatic rings. The lowest BCUT2D eigenvalue weighted by Crippen LogP contribution is -2.22. The van der Waals surface area contributed by atoms with Crippen LogP contribution in [0.3, 0.4) is 0 Å². The maximum absolute atomic E-state index is 5.06. The van der Waals surface area contributed by atoms with E-state index in [0.717, 1.165) is 18.7 Å². The lowest BCUT2D eigenvalue weighted by Gasteiger charge is -2.16. The van der Waals surface area contributed by atoms with E-state index in [1.165, 1.54) is 44.9 Å². The molecule has 0 bridgehead atoms. The molecule has 0 aliphatic heterocycles. The Bertz CT molecular complexity index is 354. The van der Waals surface area contributed by atoms with Crippen LogP contribution in [0.15, 0.2) is 12.1 Å². The second-order valence-electron chi connectivity index (χ2n) is 5.52. The second-order valence-corrected chi connectivity index (χ2v) is 5.52. The first-order valence-electron chi connectivity index (χ1n) is 8.42.